The third-order valence-corrected chi connectivity index (χ3v) is 3.26. The lowest BCUT2D eigenvalue weighted by molar-refractivity contribution is -0.143. The third kappa shape index (κ3) is 4.64. The number of amidine groups is 1. The smallest absolute Gasteiger partial charge is 0.294 e. The number of rotatable bonds is 2. The van der Waals surface area contributed by atoms with E-state index < -0.39 is 40.5 Å². The number of aliphatic imine (C=N–C) groups is 1. The van der Waals surface area contributed by atoms with Crippen LogP contribution in [0.4, 0.5) is 32.0 Å². The highest BCUT2D eigenvalue weighted by molar-refractivity contribution is 8.13. The molecule has 0 aliphatic carbocycles. The molecule has 0 saturated carbocycles. The lowest BCUT2D eigenvalue weighted by Gasteiger charge is -2.17. The van der Waals surface area contributed by atoms with Crippen LogP contribution in [0.2, 0.25) is 0 Å². The van der Waals surface area contributed by atoms with Crippen LogP contribution in [0, 0.1) is 11.5 Å². The second kappa shape index (κ2) is 7.12. The number of thioether (sulfide) groups is 1. The van der Waals surface area contributed by atoms with E-state index in [0.717, 1.165) is 18.7 Å². The van der Waals surface area contributed by atoms with E-state index in [4.69, 9.17) is 5.26 Å². The zero-order chi connectivity index (χ0) is 18.7. The number of Topliss-reactive ketones (excluding diaryl/α,β-unsaturated/α-hetero) is 1. The first-order chi connectivity index (χ1) is 10.9. The number of carbonyl (C=O) groups is 1. The fourth-order valence-corrected chi connectivity index (χ4v) is 2.09. The summed E-state index contributed by atoms with van der Waals surface area (Å²) in [6.07, 6.45) is -7.41. The van der Waals surface area contributed by atoms with Crippen LogP contribution >= 0.6 is 11.8 Å². The molecule has 0 heterocycles. The van der Waals surface area contributed by atoms with Gasteiger partial charge in [-0.3, -0.25) is 10.1 Å². The Hall–Kier alpha value is -2.22. The molecule has 0 spiro atoms. The first-order valence-electron chi connectivity index (χ1n) is 6.03. The molecule has 24 heavy (non-hydrogen) atoms. The fraction of sp³-hybridized carbons (Fsp3) is 0.308. The van der Waals surface area contributed by atoms with Crippen molar-refractivity contribution in [1.82, 2.24) is 5.32 Å². The number of halogens is 6. The van der Waals surface area contributed by atoms with E-state index in [9.17, 15) is 31.1 Å². The predicted octanol–water partition coefficient (Wildman–Crippen LogP) is 4.35. The van der Waals surface area contributed by atoms with Crippen LogP contribution in [-0.4, -0.2) is 17.2 Å². The fourth-order valence-electron chi connectivity index (χ4n) is 1.75. The Kier molecular flexibility index (Phi) is 5.89. The lowest BCUT2D eigenvalue weighted by atomic mass is 9.98. The SMILES string of the molecule is CSC(=Nc1cc(C(F)(F)F)cc(C(F)(F)F)c1C(C)=O)NC#N. The normalized spacial score (nSPS) is 12.7. The van der Waals surface area contributed by atoms with Crippen LogP contribution in [0.1, 0.15) is 28.4 Å². The van der Waals surface area contributed by atoms with Gasteiger partial charge >= 0.3 is 12.4 Å². The van der Waals surface area contributed by atoms with Gasteiger partial charge in [0.05, 0.1) is 22.4 Å². The number of alkyl halides is 6. The molecule has 0 radical (unpaired) electrons. The summed E-state index contributed by atoms with van der Waals surface area (Å²) in [5, 5.41) is 10.3. The van der Waals surface area contributed by atoms with E-state index >= 15 is 0 Å². The molecule has 0 aromatic heterocycles. The summed E-state index contributed by atoms with van der Waals surface area (Å²) in [6, 6.07) is 0.202. The van der Waals surface area contributed by atoms with E-state index in [1.54, 1.807) is 0 Å². The Morgan fingerprint density at radius 1 is 1.21 bits per heavy atom. The maximum atomic E-state index is 13.1. The van der Waals surface area contributed by atoms with Crippen LogP contribution in [0.3, 0.4) is 0 Å². The summed E-state index contributed by atoms with van der Waals surface area (Å²) in [5.41, 5.74) is -5.16. The zero-order valence-corrected chi connectivity index (χ0v) is 12.9. The number of benzene rings is 1. The number of nitrogens with one attached hydrogen (secondary N) is 1. The van der Waals surface area contributed by atoms with Gasteiger partial charge in [0, 0.05) is 0 Å². The molecule has 1 aromatic carbocycles. The van der Waals surface area contributed by atoms with Crippen molar-refractivity contribution in [3.8, 4) is 6.19 Å². The number of nitrogens with zero attached hydrogens (tertiary/aromatic N) is 2. The maximum Gasteiger partial charge on any atom is 0.417 e. The van der Waals surface area contributed by atoms with Crippen molar-refractivity contribution in [2.45, 2.75) is 19.3 Å². The highest BCUT2D eigenvalue weighted by Crippen LogP contribution is 2.41. The Bertz CT molecular complexity index is 718. The minimum atomic E-state index is -5.19. The van der Waals surface area contributed by atoms with Crippen LogP contribution in [0.25, 0.3) is 0 Å². The van der Waals surface area contributed by atoms with Crippen molar-refractivity contribution < 1.29 is 31.1 Å². The van der Waals surface area contributed by atoms with Crippen LogP contribution in [0.5, 0.6) is 0 Å². The van der Waals surface area contributed by atoms with Gasteiger partial charge in [0.25, 0.3) is 0 Å². The Morgan fingerprint density at radius 2 is 1.79 bits per heavy atom. The molecule has 0 amide bonds. The first kappa shape index (κ1) is 19.8. The van der Waals surface area contributed by atoms with Gasteiger partial charge in [0.2, 0.25) is 0 Å². The molecule has 11 heteroatoms. The van der Waals surface area contributed by atoms with Crippen molar-refractivity contribution in [1.29, 1.82) is 5.26 Å². The quantitative estimate of drug-likeness (QED) is 0.210. The molecule has 0 saturated heterocycles. The number of hydrogen-bond acceptors (Lipinski definition) is 4. The summed E-state index contributed by atoms with van der Waals surface area (Å²) in [5.74, 6) is -1.10. The molecule has 0 aliphatic rings. The van der Waals surface area contributed by atoms with Gasteiger partial charge in [-0.1, -0.05) is 11.8 Å². The number of nitriles is 1. The Labute approximate surface area is 136 Å². The van der Waals surface area contributed by atoms with Crippen molar-refractivity contribution in [2.24, 2.45) is 4.99 Å². The van der Waals surface area contributed by atoms with Crippen molar-refractivity contribution in [2.75, 3.05) is 6.26 Å². The summed E-state index contributed by atoms with van der Waals surface area (Å²) in [4.78, 5) is 15.1. The van der Waals surface area contributed by atoms with Crippen LogP contribution in [0.15, 0.2) is 17.1 Å². The van der Waals surface area contributed by atoms with Gasteiger partial charge in [-0.25, -0.2) is 4.99 Å². The minimum absolute atomic E-state index is 0.133. The van der Waals surface area contributed by atoms with Gasteiger partial charge in [-0.2, -0.15) is 31.6 Å². The Balaban J connectivity index is 3.84. The number of hydrogen-bond donors (Lipinski definition) is 1. The molecule has 4 nitrogen and oxygen atoms in total. The zero-order valence-electron chi connectivity index (χ0n) is 12.1. The van der Waals surface area contributed by atoms with E-state index in [0.29, 0.717) is 6.07 Å². The standard InChI is InChI=1S/C13H9F6N3OS/c1-6(23)10-8(13(17,18)19)3-7(12(14,15)16)4-9(10)22-11(24-2)21-5-20/h3-4H,1-2H3,(H,21,22). The summed E-state index contributed by atoms with van der Waals surface area (Å²) in [6.45, 7) is 0.785. The average molecular weight is 369 g/mol. The summed E-state index contributed by atoms with van der Waals surface area (Å²) in [7, 11) is 0. The van der Waals surface area contributed by atoms with Gasteiger partial charge < -0.3 is 0 Å². The number of ketones is 1. The molecule has 1 aromatic rings. The second-order valence-corrected chi connectivity index (χ2v) is 5.12. The maximum absolute atomic E-state index is 13.1. The van der Waals surface area contributed by atoms with Crippen molar-refractivity contribution in [3.63, 3.8) is 0 Å². The molecule has 0 aliphatic heterocycles. The monoisotopic (exact) mass is 369 g/mol. The highest BCUT2D eigenvalue weighted by Gasteiger charge is 2.40. The van der Waals surface area contributed by atoms with Crippen LogP contribution < -0.4 is 5.32 Å². The molecule has 0 fully saturated rings. The van der Waals surface area contributed by atoms with E-state index in [2.05, 4.69) is 4.99 Å². The first-order valence-corrected chi connectivity index (χ1v) is 7.25. The molecule has 1 rings (SSSR count). The molecular formula is C13H9F6N3OS. The topological polar surface area (TPSA) is 65.2 Å². The van der Waals surface area contributed by atoms with Crippen molar-refractivity contribution >= 4 is 28.4 Å². The lowest BCUT2D eigenvalue weighted by Crippen LogP contribution is -2.17. The van der Waals surface area contributed by atoms with Crippen molar-refractivity contribution in [3.05, 3.63) is 28.8 Å². The summed E-state index contributed by atoms with van der Waals surface area (Å²) < 4.78 is 77.8. The van der Waals surface area contributed by atoms with Gasteiger partial charge in [0.15, 0.2) is 17.1 Å². The predicted molar refractivity (Wildman–Crippen MR) is 75.8 cm³/mol. The second-order valence-electron chi connectivity index (χ2n) is 4.33. The minimum Gasteiger partial charge on any atom is -0.294 e. The molecule has 0 unspecified atom stereocenters. The van der Waals surface area contributed by atoms with Gasteiger partial charge in [-0.15, -0.1) is 0 Å². The molecule has 0 bridgehead atoms. The molecule has 1 N–H and O–H groups in total. The van der Waals surface area contributed by atoms with Gasteiger partial charge in [0.1, 0.15) is 0 Å². The van der Waals surface area contributed by atoms with Crippen LogP contribution in [-0.2, 0) is 12.4 Å². The largest absolute Gasteiger partial charge is 0.417 e. The molecule has 130 valence electrons. The Morgan fingerprint density at radius 3 is 2.17 bits per heavy atom. The van der Waals surface area contributed by atoms with E-state index in [-0.39, 0.29) is 11.2 Å². The average Bonchev–Trinajstić information content (AvgIpc) is 2.43. The third-order valence-electron chi connectivity index (χ3n) is 2.68. The van der Waals surface area contributed by atoms with Gasteiger partial charge in [-0.05, 0) is 25.3 Å². The number of carbonyl (C=O) groups excluding carboxylic acids is 1. The summed E-state index contributed by atoms with van der Waals surface area (Å²) >= 11 is 0.779. The molecular weight excluding hydrogens is 360 g/mol. The highest BCUT2D eigenvalue weighted by atomic mass is 32.2. The molecule has 0 atom stereocenters. The van der Waals surface area contributed by atoms with E-state index in [1.165, 1.54) is 12.4 Å². The van der Waals surface area contributed by atoms with E-state index in [1.807, 2.05) is 5.32 Å².